The van der Waals surface area contributed by atoms with Gasteiger partial charge in [-0.2, -0.15) is 0 Å². The van der Waals surface area contributed by atoms with E-state index in [1.54, 1.807) is 18.6 Å². The Morgan fingerprint density at radius 2 is 2.12 bits per heavy atom. The van der Waals surface area contributed by atoms with Crippen LogP contribution in [0, 0.1) is 5.92 Å². The van der Waals surface area contributed by atoms with Crippen LogP contribution in [0.15, 0.2) is 36.9 Å². The molecule has 1 fully saturated rings. The summed E-state index contributed by atoms with van der Waals surface area (Å²) >= 11 is 0. The fraction of sp³-hybridized carbons (Fsp3) is 0.500. The second-order valence-electron chi connectivity index (χ2n) is 6.44. The van der Waals surface area contributed by atoms with E-state index in [-0.39, 0.29) is 24.6 Å². The highest BCUT2D eigenvalue weighted by Gasteiger charge is 2.34. The molecule has 0 saturated heterocycles. The maximum Gasteiger partial charge on any atom is 0.240 e. The number of aromatic nitrogens is 3. The zero-order valence-corrected chi connectivity index (χ0v) is 13.9. The van der Waals surface area contributed by atoms with Gasteiger partial charge in [0.15, 0.2) is 0 Å². The van der Waals surface area contributed by atoms with Crippen LogP contribution in [0.1, 0.15) is 31.2 Å². The summed E-state index contributed by atoms with van der Waals surface area (Å²) in [6.45, 7) is 2.31. The van der Waals surface area contributed by atoms with Gasteiger partial charge in [0.25, 0.3) is 0 Å². The van der Waals surface area contributed by atoms with Crippen LogP contribution in [-0.4, -0.2) is 37.7 Å². The number of rotatable bonds is 7. The molecular formula is C18H24N4O2. The number of carbonyl (C=O) groups is 1. The molecule has 2 aromatic heterocycles. The molecule has 2 N–H and O–H groups in total. The minimum Gasteiger partial charge on any atom is -0.393 e. The number of hydrogen-bond donors (Lipinski definition) is 2. The van der Waals surface area contributed by atoms with E-state index in [0.29, 0.717) is 5.92 Å². The zero-order valence-electron chi connectivity index (χ0n) is 13.9. The van der Waals surface area contributed by atoms with Crippen molar-refractivity contribution in [1.82, 2.24) is 19.9 Å². The first-order valence-corrected chi connectivity index (χ1v) is 8.52. The smallest absolute Gasteiger partial charge is 0.240 e. The van der Waals surface area contributed by atoms with Gasteiger partial charge in [-0.25, -0.2) is 4.98 Å². The molecule has 1 amide bonds. The van der Waals surface area contributed by atoms with Crippen molar-refractivity contribution in [2.75, 3.05) is 0 Å². The summed E-state index contributed by atoms with van der Waals surface area (Å²) in [5.41, 5.74) is 1.15. The van der Waals surface area contributed by atoms with Crippen molar-refractivity contribution < 1.29 is 9.90 Å². The van der Waals surface area contributed by atoms with Gasteiger partial charge >= 0.3 is 0 Å². The van der Waals surface area contributed by atoms with Crippen molar-refractivity contribution in [1.29, 1.82) is 0 Å². The number of amides is 1. The Morgan fingerprint density at radius 1 is 1.38 bits per heavy atom. The first-order valence-electron chi connectivity index (χ1n) is 8.52. The van der Waals surface area contributed by atoms with Crippen LogP contribution < -0.4 is 5.32 Å². The topological polar surface area (TPSA) is 80.0 Å². The molecule has 2 heterocycles. The fourth-order valence-corrected chi connectivity index (χ4v) is 3.27. The van der Waals surface area contributed by atoms with Crippen LogP contribution >= 0.6 is 0 Å². The van der Waals surface area contributed by atoms with Crippen molar-refractivity contribution in [3.63, 3.8) is 0 Å². The Hall–Kier alpha value is -2.21. The number of aryl methyl sites for hydroxylation is 1. The summed E-state index contributed by atoms with van der Waals surface area (Å²) in [5.74, 6) is 1.23. The lowest BCUT2D eigenvalue weighted by Crippen LogP contribution is -2.49. The van der Waals surface area contributed by atoms with Crippen molar-refractivity contribution in [2.45, 2.75) is 51.3 Å². The molecule has 24 heavy (non-hydrogen) atoms. The highest BCUT2D eigenvalue weighted by atomic mass is 16.3. The van der Waals surface area contributed by atoms with Gasteiger partial charge in [-0.1, -0.05) is 6.92 Å². The monoisotopic (exact) mass is 328 g/mol. The van der Waals surface area contributed by atoms with Crippen LogP contribution in [0.5, 0.6) is 0 Å². The SMILES string of the molecule is CCc1nccn1CC(=O)N[C@H](Cc1ccncc1)C1CC(O)C1. The third kappa shape index (κ3) is 4.00. The van der Waals surface area contributed by atoms with E-state index in [4.69, 9.17) is 0 Å². The number of imidazole rings is 1. The van der Waals surface area contributed by atoms with E-state index in [2.05, 4.69) is 15.3 Å². The molecule has 0 aliphatic heterocycles. The third-order valence-corrected chi connectivity index (χ3v) is 4.70. The van der Waals surface area contributed by atoms with Gasteiger partial charge in [0.05, 0.1) is 6.10 Å². The molecule has 0 unspecified atom stereocenters. The molecule has 1 aliphatic rings. The summed E-state index contributed by atoms with van der Waals surface area (Å²) < 4.78 is 1.88. The van der Waals surface area contributed by atoms with Crippen LogP contribution in [0.25, 0.3) is 0 Å². The van der Waals surface area contributed by atoms with Crippen LogP contribution in [0.2, 0.25) is 0 Å². The van der Waals surface area contributed by atoms with Gasteiger partial charge in [-0.3, -0.25) is 9.78 Å². The Morgan fingerprint density at radius 3 is 2.79 bits per heavy atom. The van der Waals surface area contributed by atoms with Crippen molar-refractivity contribution in [2.24, 2.45) is 5.92 Å². The van der Waals surface area contributed by atoms with Gasteiger partial charge in [-0.05, 0) is 42.9 Å². The van der Waals surface area contributed by atoms with Crippen LogP contribution in [0.3, 0.4) is 0 Å². The van der Waals surface area contributed by atoms with E-state index < -0.39 is 0 Å². The molecule has 0 radical (unpaired) electrons. The molecule has 6 heteroatoms. The number of nitrogens with zero attached hydrogens (tertiary/aromatic N) is 3. The minimum atomic E-state index is -0.229. The first-order chi connectivity index (χ1) is 11.7. The van der Waals surface area contributed by atoms with Gasteiger partial charge in [-0.15, -0.1) is 0 Å². The Labute approximate surface area is 141 Å². The molecule has 0 aromatic carbocycles. The van der Waals surface area contributed by atoms with Crippen LogP contribution in [-0.2, 0) is 24.2 Å². The maximum absolute atomic E-state index is 12.5. The summed E-state index contributed by atoms with van der Waals surface area (Å²) in [4.78, 5) is 20.8. The lowest BCUT2D eigenvalue weighted by molar-refractivity contribution is -0.123. The summed E-state index contributed by atoms with van der Waals surface area (Å²) in [5, 5.41) is 12.8. The number of pyridine rings is 1. The number of nitrogens with one attached hydrogen (secondary N) is 1. The van der Waals surface area contributed by atoms with E-state index in [9.17, 15) is 9.90 Å². The largest absolute Gasteiger partial charge is 0.393 e. The van der Waals surface area contributed by atoms with Crippen molar-refractivity contribution in [3.8, 4) is 0 Å². The average Bonchev–Trinajstić information content (AvgIpc) is 2.99. The first kappa shape index (κ1) is 16.6. The zero-order chi connectivity index (χ0) is 16.9. The number of carbonyl (C=O) groups excluding carboxylic acids is 1. The Balaban J connectivity index is 1.63. The Kier molecular flexibility index (Phi) is 5.25. The van der Waals surface area contributed by atoms with E-state index in [1.807, 2.05) is 29.8 Å². The van der Waals surface area contributed by atoms with E-state index in [1.165, 1.54) is 0 Å². The standard InChI is InChI=1S/C18H24N4O2/c1-2-17-20-7-8-22(17)12-18(24)21-16(14-10-15(23)11-14)9-13-3-5-19-6-4-13/h3-8,14-16,23H,2,9-12H2,1H3,(H,21,24)/t14?,15?,16-/m1/s1. The van der Waals surface area contributed by atoms with Crippen LogP contribution in [0.4, 0.5) is 0 Å². The minimum absolute atomic E-state index is 0.0110. The van der Waals surface area contributed by atoms with Gasteiger partial charge in [0, 0.05) is 37.3 Å². The highest BCUT2D eigenvalue weighted by molar-refractivity contribution is 5.76. The Bertz CT molecular complexity index is 665. The molecule has 6 nitrogen and oxygen atoms in total. The molecule has 3 rings (SSSR count). The summed E-state index contributed by atoms with van der Waals surface area (Å²) in [6.07, 6.45) is 9.93. The molecule has 1 saturated carbocycles. The van der Waals surface area contributed by atoms with Crippen molar-refractivity contribution in [3.05, 3.63) is 48.3 Å². The molecule has 0 spiro atoms. The summed E-state index contributed by atoms with van der Waals surface area (Å²) in [6, 6.07) is 3.98. The number of aliphatic hydroxyl groups is 1. The van der Waals surface area contributed by atoms with E-state index >= 15 is 0 Å². The predicted octanol–water partition coefficient (Wildman–Crippen LogP) is 1.34. The van der Waals surface area contributed by atoms with Gasteiger partial charge in [0.1, 0.15) is 12.4 Å². The number of aliphatic hydroxyl groups excluding tert-OH is 1. The maximum atomic E-state index is 12.5. The predicted molar refractivity (Wildman–Crippen MR) is 90.2 cm³/mol. The quantitative estimate of drug-likeness (QED) is 0.804. The van der Waals surface area contributed by atoms with Gasteiger partial charge < -0.3 is 15.0 Å². The summed E-state index contributed by atoms with van der Waals surface area (Å²) in [7, 11) is 0. The molecule has 1 atom stereocenters. The van der Waals surface area contributed by atoms with Gasteiger partial charge in [0.2, 0.25) is 5.91 Å². The van der Waals surface area contributed by atoms with E-state index in [0.717, 1.165) is 37.1 Å². The average molecular weight is 328 g/mol. The molecule has 0 bridgehead atoms. The molecule has 1 aliphatic carbocycles. The molecule has 2 aromatic rings. The fourth-order valence-electron chi connectivity index (χ4n) is 3.27. The lowest BCUT2D eigenvalue weighted by atomic mass is 9.75. The van der Waals surface area contributed by atoms with Crippen molar-refractivity contribution >= 4 is 5.91 Å². The highest BCUT2D eigenvalue weighted by Crippen LogP contribution is 2.31. The number of hydrogen-bond acceptors (Lipinski definition) is 4. The second-order valence-corrected chi connectivity index (χ2v) is 6.44. The molecule has 128 valence electrons. The third-order valence-electron chi connectivity index (χ3n) is 4.70. The second kappa shape index (κ2) is 7.57. The lowest BCUT2D eigenvalue weighted by Gasteiger charge is -2.38. The normalized spacial score (nSPS) is 21.1. The molecular weight excluding hydrogens is 304 g/mol.